The molecule has 1 unspecified atom stereocenters. The Labute approximate surface area is 167 Å². The first-order valence-corrected chi connectivity index (χ1v) is 10.6. The average molecular weight is 393 g/mol. The van der Waals surface area contributed by atoms with E-state index in [1.807, 2.05) is 31.2 Å². The number of piperidine rings is 1. The van der Waals surface area contributed by atoms with Crippen LogP contribution in [-0.2, 0) is 4.79 Å². The fourth-order valence-electron chi connectivity index (χ4n) is 4.36. The van der Waals surface area contributed by atoms with Crippen molar-refractivity contribution in [3.05, 3.63) is 58.6 Å². The molecule has 0 spiro atoms. The molecule has 6 heteroatoms. The Morgan fingerprint density at radius 3 is 2.93 bits per heavy atom. The first-order chi connectivity index (χ1) is 13.6. The number of anilines is 1. The molecule has 0 radical (unpaired) electrons. The summed E-state index contributed by atoms with van der Waals surface area (Å²) in [5.41, 5.74) is 3.38. The van der Waals surface area contributed by atoms with Crippen LogP contribution < -0.4 is 9.80 Å². The summed E-state index contributed by atoms with van der Waals surface area (Å²) >= 11 is 1.78. The van der Waals surface area contributed by atoms with Crippen molar-refractivity contribution in [1.82, 2.24) is 4.98 Å². The quantitative estimate of drug-likeness (QED) is 0.697. The molecule has 2 aromatic carbocycles. The molecule has 28 heavy (non-hydrogen) atoms. The fraction of sp³-hybridized carbons (Fsp3) is 0.318. The van der Waals surface area contributed by atoms with Gasteiger partial charge in [0.25, 0.3) is 5.78 Å². The maximum Gasteiger partial charge on any atom is 0.303 e. The number of rotatable bonds is 3. The second kappa shape index (κ2) is 6.79. The maximum atomic E-state index is 12.6. The van der Waals surface area contributed by atoms with Gasteiger partial charge in [0.1, 0.15) is 5.01 Å². The molecule has 5 rings (SSSR count). The number of amides is 1. The number of para-hydroxylation sites is 1. The van der Waals surface area contributed by atoms with Crippen molar-refractivity contribution in [2.45, 2.75) is 25.7 Å². The van der Waals surface area contributed by atoms with Gasteiger partial charge in [0, 0.05) is 0 Å². The zero-order valence-electron chi connectivity index (χ0n) is 15.8. The zero-order valence-corrected chi connectivity index (χ0v) is 16.6. The number of carbonyl (C=O) groups excluding carboxylic acids is 2. The van der Waals surface area contributed by atoms with E-state index in [4.69, 9.17) is 4.98 Å². The Morgan fingerprint density at radius 2 is 2.07 bits per heavy atom. The van der Waals surface area contributed by atoms with E-state index in [0.29, 0.717) is 18.2 Å². The Kier molecular flexibility index (Phi) is 4.25. The number of thiazole rings is 1. The smallest absolute Gasteiger partial charge is 0.303 e. The minimum absolute atomic E-state index is 0.377. The summed E-state index contributed by atoms with van der Waals surface area (Å²) in [5.74, 6) is -0.361. The average Bonchev–Trinajstić information content (AvgIpc) is 3.24. The van der Waals surface area contributed by atoms with Crippen molar-refractivity contribution in [3.63, 3.8) is 0 Å². The number of carbonyl (C=O) groups is 2. The van der Waals surface area contributed by atoms with Gasteiger partial charge in [-0.05, 0) is 44.0 Å². The molecule has 1 aromatic heterocycles. The normalized spacial score (nSPS) is 22.1. The number of Topliss-reactive ketones (excluding diaryl/α,β-unsaturated/α-hetero) is 1. The molecule has 0 aliphatic carbocycles. The van der Waals surface area contributed by atoms with Gasteiger partial charge in [0.2, 0.25) is 0 Å². The van der Waals surface area contributed by atoms with Crippen LogP contribution in [0.2, 0.25) is 0 Å². The SMILES string of the molecule is Cc1ccc2c(c1)C(=O)C(=O)N2C[NH+]1CCC[C@@H](c2nc3ccccc3s2)C1. The standard InChI is InChI=1S/C22H21N3O2S/c1-14-8-9-18-16(11-14)20(26)22(27)25(18)13-24-10-4-5-15(12-24)21-23-17-6-2-3-7-19(17)28-21/h2-3,6-9,11,15H,4-5,10,12-13H2,1H3/p+1/t15-/m1/s1. The lowest BCUT2D eigenvalue weighted by Crippen LogP contribution is -3.15. The number of nitrogens with zero attached hydrogens (tertiary/aromatic N) is 2. The van der Waals surface area contributed by atoms with Gasteiger partial charge in [-0.25, -0.2) is 4.98 Å². The fourth-order valence-corrected chi connectivity index (χ4v) is 5.47. The van der Waals surface area contributed by atoms with Crippen LogP contribution in [0, 0.1) is 6.92 Å². The van der Waals surface area contributed by atoms with Crippen LogP contribution in [0.1, 0.15) is 39.7 Å². The Morgan fingerprint density at radius 1 is 1.21 bits per heavy atom. The molecule has 5 nitrogen and oxygen atoms in total. The molecule has 2 atom stereocenters. The summed E-state index contributed by atoms with van der Waals surface area (Å²) in [6.45, 7) is 4.45. The number of quaternary nitrogens is 1. The molecule has 1 amide bonds. The molecule has 2 aliphatic heterocycles. The summed E-state index contributed by atoms with van der Waals surface area (Å²) in [6.07, 6.45) is 2.23. The summed E-state index contributed by atoms with van der Waals surface area (Å²) in [5, 5.41) is 1.19. The molecular formula is C22H22N3O2S+. The zero-order chi connectivity index (χ0) is 19.3. The van der Waals surface area contributed by atoms with Crippen LogP contribution >= 0.6 is 11.3 Å². The highest BCUT2D eigenvalue weighted by Gasteiger charge is 2.39. The summed E-state index contributed by atoms with van der Waals surface area (Å²) in [7, 11) is 0. The molecule has 1 N–H and O–H groups in total. The number of nitrogens with one attached hydrogen (secondary N) is 1. The molecular weight excluding hydrogens is 370 g/mol. The molecule has 2 aliphatic rings. The minimum atomic E-state index is -0.393. The van der Waals surface area contributed by atoms with E-state index in [9.17, 15) is 9.59 Å². The van der Waals surface area contributed by atoms with Crippen LogP contribution in [0.4, 0.5) is 5.69 Å². The first-order valence-electron chi connectivity index (χ1n) is 9.76. The Balaban J connectivity index is 1.36. The van der Waals surface area contributed by atoms with Crippen molar-refractivity contribution in [2.24, 2.45) is 0 Å². The van der Waals surface area contributed by atoms with Crippen LogP contribution in [0.25, 0.3) is 10.2 Å². The van der Waals surface area contributed by atoms with E-state index in [1.165, 1.54) is 14.6 Å². The van der Waals surface area contributed by atoms with E-state index in [1.54, 1.807) is 16.2 Å². The van der Waals surface area contributed by atoms with Crippen molar-refractivity contribution in [3.8, 4) is 0 Å². The number of fused-ring (bicyclic) bond motifs is 2. The molecule has 3 aromatic rings. The third-order valence-corrected chi connectivity index (χ3v) is 6.99. The van der Waals surface area contributed by atoms with Crippen molar-refractivity contribution < 1.29 is 14.5 Å². The van der Waals surface area contributed by atoms with E-state index in [-0.39, 0.29) is 5.78 Å². The van der Waals surface area contributed by atoms with Gasteiger partial charge in [0.15, 0.2) is 6.67 Å². The number of aromatic nitrogens is 1. The highest BCUT2D eigenvalue weighted by molar-refractivity contribution is 7.18. The second-order valence-corrected chi connectivity index (χ2v) is 8.87. The van der Waals surface area contributed by atoms with Gasteiger partial charge in [-0.3, -0.25) is 14.5 Å². The summed E-state index contributed by atoms with van der Waals surface area (Å²) in [6, 6.07) is 14.0. The monoisotopic (exact) mass is 392 g/mol. The highest BCUT2D eigenvalue weighted by Crippen LogP contribution is 2.31. The number of hydrogen-bond acceptors (Lipinski definition) is 4. The molecule has 142 valence electrons. The van der Waals surface area contributed by atoms with Crippen LogP contribution in [0.15, 0.2) is 42.5 Å². The molecule has 1 fully saturated rings. The lowest BCUT2D eigenvalue weighted by molar-refractivity contribution is -0.905. The predicted octanol–water partition coefficient (Wildman–Crippen LogP) is 2.55. The van der Waals surface area contributed by atoms with Gasteiger partial charge >= 0.3 is 5.91 Å². The second-order valence-electron chi connectivity index (χ2n) is 7.80. The number of ketones is 1. The Bertz CT molecular complexity index is 1060. The first kappa shape index (κ1) is 17.5. The van der Waals surface area contributed by atoms with E-state index < -0.39 is 5.91 Å². The Hall–Kier alpha value is -2.57. The van der Waals surface area contributed by atoms with E-state index >= 15 is 0 Å². The van der Waals surface area contributed by atoms with Gasteiger partial charge in [-0.1, -0.05) is 23.8 Å². The van der Waals surface area contributed by atoms with Crippen molar-refractivity contribution in [1.29, 1.82) is 0 Å². The van der Waals surface area contributed by atoms with Gasteiger partial charge < -0.3 is 4.90 Å². The molecule has 0 bridgehead atoms. The van der Waals surface area contributed by atoms with Crippen LogP contribution in [0.5, 0.6) is 0 Å². The molecule has 0 saturated carbocycles. The van der Waals surface area contributed by atoms with Crippen LogP contribution in [0.3, 0.4) is 0 Å². The molecule has 3 heterocycles. The number of likely N-dealkylation sites (tertiary alicyclic amines) is 1. The number of benzene rings is 2. The van der Waals surface area contributed by atoms with Crippen LogP contribution in [-0.4, -0.2) is 36.4 Å². The third-order valence-electron chi connectivity index (χ3n) is 5.79. The van der Waals surface area contributed by atoms with Crippen molar-refractivity contribution in [2.75, 3.05) is 24.7 Å². The third kappa shape index (κ3) is 2.93. The topological polar surface area (TPSA) is 54.7 Å². The maximum absolute atomic E-state index is 12.6. The summed E-state index contributed by atoms with van der Waals surface area (Å²) < 4.78 is 1.23. The number of aryl methyl sites for hydroxylation is 1. The molecule has 1 saturated heterocycles. The van der Waals surface area contributed by atoms with E-state index in [2.05, 4.69) is 18.2 Å². The number of hydrogen-bond donors (Lipinski definition) is 1. The predicted molar refractivity (Wildman–Crippen MR) is 110 cm³/mol. The minimum Gasteiger partial charge on any atom is -0.317 e. The summed E-state index contributed by atoms with van der Waals surface area (Å²) in [4.78, 5) is 32.8. The van der Waals surface area contributed by atoms with E-state index in [0.717, 1.165) is 42.7 Å². The van der Waals surface area contributed by atoms with Gasteiger partial charge in [0.05, 0.1) is 40.5 Å². The lowest BCUT2D eigenvalue weighted by Gasteiger charge is -2.31. The highest BCUT2D eigenvalue weighted by atomic mass is 32.1. The van der Waals surface area contributed by atoms with Gasteiger partial charge in [-0.2, -0.15) is 0 Å². The van der Waals surface area contributed by atoms with Gasteiger partial charge in [-0.15, -0.1) is 11.3 Å². The lowest BCUT2D eigenvalue weighted by atomic mass is 9.99. The largest absolute Gasteiger partial charge is 0.317 e. The van der Waals surface area contributed by atoms with Crippen molar-refractivity contribution >= 4 is 38.9 Å².